The first kappa shape index (κ1) is 15.3. The quantitative estimate of drug-likeness (QED) is 0.833. The summed E-state index contributed by atoms with van der Waals surface area (Å²) in [5.74, 6) is 0.591. The molecule has 0 aliphatic rings. The first-order chi connectivity index (χ1) is 9.99. The van der Waals surface area contributed by atoms with Crippen LogP contribution < -0.4 is 16.0 Å². The Morgan fingerprint density at radius 3 is 2.90 bits per heavy atom. The van der Waals surface area contributed by atoms with Crippen molar-refractivity contribution in [3.8, 4) is 0 Å². The first-order valence-electron chi connectivity index (χ1n) is 6.57. The molecule has 0 aliphatic carbocycles. The summed E-state index contributed by atoms with van der Waals surface area (Å²) in [4.78, 5) is 14.0. The van der Waals surface area contributed by atoms with Crippen molar-refractivity contribution in [2.24, 2.45) is 0 Å². The van der Waals surface area contributed by atoms with Gasteiger partial charge in [-0.05, 0) is 37.3 Å². The Balaban J connectivity index is 2.02. The van der Waals surface area contributed by atoms with Crippen LogP contribution >= 0.6 is 11.6 Å². The fourth-order valence-electron chi connectivity index (χ4n) is 1.94. The van der Waals surface area contributed by atoms with Crippen LogP contribution in [0.2, 0.25) is 5.02 Å². The summed E-state index contributed by atoms with van der Waals surface area (Å²) in [6, 6.07) is 8.39. The number of hydrogen-bond donors (Lipinski definition) is 2. The van der Waals surface area contributed by atoms with E-state index in [1.165, 1.54) is 0 Å². The number of furan rings is 1. The number of amides is 1. The van der Waals surface area contributed by atoms with Crippen molar-refractivity contribution < 1.29 is 9.21 Å². The lowest BCUT2D eigenvalue weighted by Crippen LogP contribution is -2.43. The van der Waals surface area contributed by atoms with Crippen molar-refractivity contribution in [1.29, 1.82) is 0 Å². The second-order valence-corrected chi connectivity index (χ2v) is 5.22. The highest BCUT2D eigenvalue weighted by Gasteiger charge is 2.20. The topological polar surface area (TPSA) is 71.5 Å². The van der Waals surface area contributed by atoms with Crippen LogP contribution in [-0.4, -0.2) is 19.0 Å². The summed E-state index contributed by atoms with van der Waals surface area (Å²) in [6.07, 6.45) is 1.57. The molecule has 0 radical (unpaired) electrons. The van der Waals surface area contributed by atoms with Crippen LogP contribution in [0, 0.1) is 0 Å². The zero-order valence-corrected chi connectivity index (χ0v) is 12.7. The van der Waals surface area contributed by atoms with Gasteiger partial charge in [0.25, 0.3) is 0 Å². The van der Waals surface area contributed by atoms with E-state index in [4.69, 9.17) is 21.8 Å². The molecule has 21 heavy (non-hydrogen) atoms. The zero-order valence-electron chi connectivity index (χ0n) is 12.0. The van der Waals surface area contributed by atoms with Crippen LogP contribution in [0.25, 0.3) is 0 Å². The SMILES string of the molecule is CC(C(=O)NCc1ccco1)N(C)c1cc(Cl)ccc1N. The van der Waals surface area contributed by atoms with Crippen molar-refractivity contribution in [2.75, 3.05) is 17.7 Å². The smallest absolute Gasteiger partial charge is 0.242 e. The molecular formula is C15H18ClN3O2. The summed E-state index contributed by atoms with van der Waals surface area (Å²) in [7, 11) is 1.80. The Labute approximate surface area is 128 Å². The maximum absolute atomic E-state index is 12.2. The Morgan fingerprint density at radius 2 is 2.24 bits per heavy atom. The van der Waals surface area contributed by atoms with E-state index in [-0.39, 0.29) is 11.9 Å². The van der Waals surface area contributed by atoms with Crippen molar-refractivity contribution in [3.63, 3.8) is 0 Å². The van der Waals surface area contributed by atoms with Crippen molar-refractivity contribution in [2.45, 2.75) is 19.5 Å². The molecule has 6 heteroatoms. The molecule has 1 atom stereocenters. The van der Waals surface area contributed by atoms with Crippen molar-refractivity contribution >= 4 is 28.9 Å². The minimum absolute atomic E-state index is 0.117. The molecule has 0 saturated carbocycles. The molecule has 5 nitrogen and oxygen atoms in total. The monoisotopic (exact) mass is 307 g/mol. The van der Waals surface area contributed by atoms with E-state index in [9.17, 15) is 4.79 Å². The fourth-order valence-corrected chi connectivity index (χ4v) is 2.11. The van der Waals surface area contributed by atoms with Gasteiger partial charge in [-0.15, -0.1) is 0 Å². The average molecular weight is 308 g/mol. The molecule has 2 rings (SSSR count). The van der Waals surface area contributed by atoms with Crippen molar-refractivity contribution in [3.05, 3.63) is 47.4 Å². The lowest BCUT2D eigenvalue weighted by molar-refractivity contribution is -0.122. The van der Waals surface area contributed by atoms with Crippen LogP contribution in [0.3, 0.4) is 0 Å². The third-order valence-corrected chi connectivity index (χ3v) is 3.58. The van der Waals surface area contributed by atoms with E-state index in [0.29, 0.717) is 23.0 Å². The summed E-state index contributed by atoms with van der Waals surface area (Å²) in [5.41, 5.74) is 7.23. The molecule has 3 N–H and O–H groups in total. The number of carbonyl (C=O) groups excluding carboxylic acids is 1. The predicted molar refractivity (Wildman–Crippen MR) is 84.3 cm³/mol. The van der Waals surface area contributed by atoms with E-state index < -0.39 is 0 Å². The van der Waals surface area contributed by atoms with E-state index in [1.807, 2.05) is 6.07 Å². The van der Waals surface area contributed by atoms with Gasteiger partial charge < -0.3 is 20.4 Å². The largest absolute Gasteiger partial charge is 0.467 e. The molecule has 1 heterocycles. The lowest BCUT2D eigenvalue weighted by Gasteiger charge is -2.27. The molecule has 0 aliphatic heterocycles. The third-order valence-electron chi connectivity index (χ3n) is 3.35. The fraction of sp³-hybridized carbons (Fsp3) is 0.267. The van der Waals surface area contributed by atoms with E-state index in [0.717, 1.165) is 5.69 Å². The van der Waals surface area contributed by atoms with Gasteiger partial charge in [0.15, 0.2) is 0 Å². The van der Waals surface area contributed by atoms with E-state index in [1.54, 1.807) is 49.4 Å². The van der Waals surface area contributed by atoms with Gasteiger partial charge in [0.05, 0.1) is 24.2 Å². The maximum atomic E-state index is 12.2. The average Bonchev–Trinajstić information content (AvgIpc) is 2.99. The Bertz CT molecular complexity index is 613. The zero-order chi connectivity index (χ0) is 15.4. The number of carbonyl (C=O) groups is 1. The number of nitrogens with one attached hydrogen (secondary N) is 1. The van der Waals surface area contributed by atoms with Crippen LogP contribution in [0.1, 0.15) is 12.7 Å². The van der Waals surface area contributed by atoms with Gasteiger partial charge in [-0.25, -0.2) is 0 Å². The van der Waals surface area contributed by atoms with Crippen LogP contribution in [0.5, 0.6) is 0 Å². The van der Waals surface area contributed by atoms with Crippen LogP contribution in [0.15, 0.2) is 41.0 Å². The van der Waals surface area contributed by atoms with Gasteiger partial charge in [-0.2, -0.15) is 0 Å². The summed E-state index contributed by atoms with van der Waals surface area (Å²) < 4.78 is 5.18. The number of nitrogens with zero attached hydrogens (tertiary/aromatic N) is 1. The number of benzene rings is 1. The highest BCUT2D eigenvalue weighted by molar-refractivity contribution is 6.31. The van der Waals surface area contributed by atoms with Gasteiger partial charge in [0.1, 0.15) is 11.8 Å². The third kappa shape index (κ3) is 3.70. The molecule has 0 bridgehead atoms. The molecule has 1 unspecified atom stereocenters. The molecule has 112 valence electrons. The summed E-state index contributed by atoms with van der Waals surface area (Å²) in [5, 5.41) is 3.40. The number of rotatable bonds is 5. The number of nitrogen functional groups attached to an aromatic ring is 1. The molecule has 0 fully saturated rings. The molecule has 1 aromatic heterocycles. The Morgan fingerprint density at radius 1 is 1.48 bits per heavy atom. The Hall–Kier alpha value is -2.14. The first-order valence-corrected chi connectivity index (χ1v) is 6.95. The summed E-state index contributed by atoms with van der Waals surface area (Å²) >= 11 is 5.98. The van der Waals surface area contributed by atoms with Gasteiger partial charge in [-0.1, -0.05) is 11.6 Å². The highest BCUT2D eigenvalue weighted by Crippen LogP contribution is 2.27. The molecule has 1 amide bonds. The number of halogens is 1. The standard InChI is InChI=1S/C15H18ClN3O2/c1-10(15(20)18-9-12-4-3-7-21-12)19(2)14-8-11(16)5-6-13(14)17/h3-8,10H,9,17H2,1-2H3,(H,18,20). The number of anilines is 2. The van der Waals surface area contributed by atoms with Gasteiger partial charge in [0, 0.05) is 12.1 Å². The highest BCUT2D eigenvalue weighted by atomic mass is 35.5. The maximum Gasteiger partial charge on any atom is 0.242 e. The molecular weight excluding hydrogens is 290 g/mol. The van der Waals surface area contributed by atoms with Crippen molar-refractivity contribution in [1.82, 2.24) is 5.32 Å². The predicted octanol–water partition coefficient (Wildman–Crippen LogP) is 2.66. The molecule has 2 aromatic rings. The minimum Gasteiger partial charge on any atom is -0.467 e. The Kier molecular flexibility index (Phi) is 4.75. The summed E-state index contributed by atoms with van der Waals surface area (Å²) in [6.45, 7) is 2.16. The molecule has 0 spiro atoms. The minimum atomic E-state index is -0.388. The van der Waals surface area contributed by atoms with Gasteiger partial charge in [0.2, 0.25) is 5.91 Å². The molecule has 0 saturated heterocycles. The van der Waals surface area contributed by atoms with Crippen LogP contribution in [0.4, 0.5) is 11.4 Å². The molecule has 1 aromatic carbocycles. The second kappa shape index (κ2) is 6.54. The number of hydrogen-bond acceptors (Lipinski definition) is 4. The van der Waals surface area contributed by atoms with Gasteiger partial charge >= 0.3 is 0 Å². The van der Waals surface area contributed by atoms with Crippen LogP contribution in [-0.2, 0) is 11.3 Å². The van der Waals surface area contributed by atoms with E-state index in [2.05, 4.69) is 5.32 Å². The van der Waals surface area contributed by atoms with E-state index >= 15 is 0 Å². The van der Waals surface area contributed by atoms with Gasteiger partial charge in [-0.3, -0.25) is 4.79 Å². The number of nitrogens with two attached hydrogens (primary N) is 1. The number of likely N-dealkylation sites (N-methyl/N-ethyl adjacent to an activating group) is 1. The second-order valence-electron chi connectivity index (χ2n) is 4.79. The lowest BCUT2D eigenvalue weighted by atomic mass is 10.2. The normalized spacial score (nSPS) is 12.0.